The Bertz CT molecular complexity index is 1090. The zero-order valence-electron chi connectivity index (χ0n) is 17.4. The smallest absolute Gasteiger partial charge is 0.349 e. The summed E-state index contributed by atoms with van der Waals surface area (Å²) in [7, 11) is 4.61. The van der Waals surface area contributed by atoms with Gasteiger partial charge in [0.1, 0.15) is 11.6 Å². The molecule has 0 saturated carbocycles. The molecule has 2 N–H and O–H groups in total. The van der Waals surface area contributed by atoms with E-state index in [2.05, 4.69) is 20.3 Å². The van der Waals surface area contributed by atoms with Crippen LogP contribution in [0.15, 0.2) is 41.2 Å². The SMILES string of the molecule is COc1cc(/C=C/c2nc(NCCc3ccc(F)cc3)nc(=O)[nH]2)cc(OC)c1OC. The normalized spacial score (nSPS) is 10.8. The molecule has 0 aliphatic carbocycles. The van der Waals surface area contributed by atoms with E-state index in [1.807, 2.05) is 0 Å². The van der Waals surface area contributed by atoms with Gasteiger partial charge in [0.15, 0.2) is 11.5 Å². The van der Waals surface area contributed by atoms with Gasteiger partial charge >= 0.3 is 5.69 Å². The fourth-order valence-electron chi connectivity index (χ4n) is 2.90. The third kappa shape index (κ3) is 5.81. The summed E-state index contributed by atoms with van der Waals surface area (Å²) in [6.07, 6.45) is 4.03. The molecule has 0 aliphatic rings. The van der Waals surface area contributed by atoms with E-state index in [0.29, 0.717) is 36.0 Å². The Morgan fingerprint density at radius 1 is 1.00 bits per heavy atom. The van der Waals surface area contributed by atoms with Gasteiger partial charge in [-0.15, -0.1) is 0 Å². The summed E-state index contributed by atoms with van der Waals surface area (Å²) in [6.45, 7) is 0.491. The maximum absolute atomic E-state index is 13.0. The molecule has 0 saturated heterocycles. The van der Waals surface area contributed by atoms with Gasteiger partial charge in [-0.3, -0.25) is 4.98 Å². The Balaban J connectivity index is 1.73. The van der Waals surface area contributed by atoms with Crippen LogP contribution in [0.5, 0.6) is 17.2 Å². The molecule has 0 amide bonds. The Kier molecular flexibility index (Phi) is 7.21. The second-order valence-corrected chi connectivity index (χ2v) is 6.46. The third-order valence-corrected chi connectivity index (χ3v) is 4.40. The minimum atomic E-state index is -0.524. The van der Waals surface area contributed by atoms with Gasteiger partial charge in [0.2, 0.25) is 11.7 Å². The largest absolute Gasteiger partial charge is 0.493 e. The highest BCUT2D eigenvalue weighted by molar-refractivity contribution is 5.70. The number of rotatable bonds is 9. The summed E-state index contributed by atoms with van der Waals surface area (Å²) in [5.74, 6) is 1.78. The van der Waals surface area contributed by atoms with Gasteiger partial charge in [-0.05, 0) is 47.9 Å². The van der Waals surface area contributed by atoms with Gasteiger partial charge in [0.25, 0.3) is 0 Å². The minimum absolute atomic E-state index is 0.204. The fraction of sp³-hybridized carbons (Fsp3) is 0.227. The van der Waals surface area contributed by atoms with E-state index in [4.69, 9.17) is 14.2 Å². The van der Waals surface area contributed by atoms with E-state index in [0.717, 1.165) is 11.1 Å². The molecule has 0 radical (unpaired) electrons. The van der Waals surface area contributed by atoms with Crippen LogP contribution in [-0.4, -0.2) is 42.8 Å². The first-order valence-electron chi connectivity index (χ1n) is 9.47. The molecule has 0 unspecified atom stereocenters. The first-order chi connectivity index (χ1) is 15.0. The van der Waals surface area contributed by atoms with Crippen LogP contribution in [0.2, 0.25) is 0 Å². The zero-order valence-corrected chi connectivity index (χ0v) is 17.4. The monoisotopic (exact) mass is 426 g/mol. The first kappa shape index (κ1) is 21.8. The highest BCUT2D eigenvalue weighted by Crippen LogP contribution is 2.38. The number of H-pyrrole nitrogens is 1. The van der Waals surface area contributed by atoms with Gasteiger partial charge in [-0.2, -0.15) is 9.97 Å². The second-order valence-electron chi connectivity index (χ2n) is 6.46. The molecule has 3 aromatic rings. The number of hydrogen-bond acceptors (Lipinski definition) is 7. The lowest BCUT2D eigenvalue weighted by Gasteiger charge is -2.12. The molecule has 2 aromatic carbocycles. The maximum Gasteiger partial charge on any atom is 0.349 e. The molecule has 1 heterocycles. The number of aromatic nitrogens is 3. The van der Waals surface area contributed by atoms with Crippen molar-refractivity contribution in [2.75, 3.05) is 33.2 Å². The molecular weight excluding hydrogens is 403 g/mol. The molecular formula is C22H23FN4O4. The van der Waals surface area contributed by atoms with Gasteiger partial charge in [0, 0.05) is 6.54 Å². The number of ether oxygens (including phenoxy) is 3. The summed E-state index contributed by atoms with van der Waals surface area (Å²) in [5.41, 5.74) is 1.20. The topological polar surface area (TPSA) is 98.4 Å². The van der Waals surface area contributed by atoms with E-state index in [9.17, 15) is 9.18 Å². The zero-order chi connectivity index (χ0) is 22.2. The Morgan fingerprint density at radius 2 is 1.68 bits per heavy atom. The van der Waals surface area contributed by atoms with Crippen LogP contribution in [0, 0.1) is 5.82 Å². The van der Waals surface area contributed by atoms with E-state index in [1.54, 1.807) is 36.4 Å². The number of benzene rings is 2. The van der Waals surface area contributed by atoms with Crippen molar-refractivity contribution in [2.45, 2.75) is 6.42 Å². The average Bonchev–Trinajstić information content (AvgIpc) is 2.78. The molecule has 0 spiro atoms. The van der Waals surface area contributed by atoms with Crippen molar-refractivity contribution < 1.29 is 18.6 Å². The number of hydrogen-bond donors (Lipinski definition) is 2. The molecule has 9 heteroatoms. The number of halogens is 1. The molecule has 8 nitrogen and oxygen atoms in total. The molecule has 3 rings (SSSR count). The van der Waals surface area contributed by atoms with Gasteiger partial charge in [-0.1, -0.05) is 18.2 Å². The number of nitrogens with one attached hydrogen (secondary N) is 2. The molecule has 0 bridgehead atoms. The number of aromatic amines is 1. The lowest BCUT2D eigenvalue weighted by Crippen LogP contribution is -2.18. The Hall–Kier alpha value is -3.88. The maximum atomic E-state index is 13.0. The van der Waals surface area contributed by atoms with E-state index in [-0.39, 0.29) is 11.8 Å². The summed E-state index contributed by atoms with van der Waals surface area (Å²) in [4.78, 5) is 22.6. The van der Waals surface area contributed by atoms with Gasteiger partial charge < -0.3 is 19.5 Å². The standard InChI is InChI=1S/C22H23FN4O4/c1-29-17-12-15(13-18(30-2)20(17)31-3)6-9-19-25-21(27-22(28)26-19)24-11-10-14-4-7-16(23)8-5-14/h4-9,12-13H,10-11H2,1-3H3,(H2,24,25,26,27,28)/b9-6+. The molecule has 0 fully saturated rings. The Morgan fingerprint density at radius 3 is 2.29 bits per heavy atom. The summed E-state index contributed by atoms with van der Waals surface area (Å²) in [6, 6.07) is 9.79. The van der Waals surface area contributed by atoms with E-state index < -0.39 is 5.69 Å². The lowest BCUT2D eigenvalue weighted by molar-refractivity contribution is 0.324. The third-order valence-electron chi connectivity index (χ3n) is 4.40. The molecule has 31 heavy (non-hydrogen) atoms. The van der Waals surface area contributed by atoms with Crippen molar-refractivity contribution in [3.05, 3.63) is 69.7 Å². The van der Waals surface area contributed by atoms with Crippen molar-refractivity contribution in [1.82, 2.24) is 15.0 Å². The van der Waals surface area contributed by atoms with Crippen LogP contribution in [-0.2, 0) is 6.42 Å². The van der Waals surface area contributed by atoms with Gasteiger partial charge in [0.05, 0.1) is 21.3 Å². The minimum Gasteiger partial charge on any atom is -0.493 e. The molecule has 0 atom stereocenters. The van der Waals surface area contributed by atoms with Crippen LogP contribution in [0.25, 0.3) is 12.2 Å². The quantitative estimate of drug-likeness (QED) is 0.542. The second kappa shape index (κ2) is 10.2. The highest BCUT2D eigenvalue weighted by Gasteiger charge is 2.12. The summed E-state index contributed by atoms with van der Waals surface area (Å²) >= 11 is 0. The highest BCUT2D eigenvalue weighted by atomic mass is 19.1. The predicted octanol–water partition coefficient (Wildman–Crippen LogP) is 3.15. The van der Waals surface area contributed by atoms with Crippen LogP contribution in [0.1, 0.15) is 17.0 Å². The lowest BCUT2D eigenvalue weighted by atomic mass is 10.1. The Labute approximate surface area is 178 Å². The fourth-order valence-corrected chi connectivity index (χ4v) is 2.90. The molecule has 0 aliphatic heterocycles. The number of nitrogens with zero attached hydrogens (tertiary/aromatic N) is 2. The predicted molar refractivity (Wildman–Crippen MR) is 116 cm³/mol. The van der Waals surface area contributed by atoms with Crippen molar-refractivity contribution >= 4 is 18.1 Å². The van der Waals surface area contributed by atoms with Gasteiger partial charge in [-0.25, -0.2) is 9.18 Å². The summed E-state index contributed by atoms with van der Waals surface area (Å²) < 4.78 is 29.0. The van der Waals surface area contributed by atoms with Crippen LogP contribution < -0.4 is 25.2 Å². The number of anilines is 1. The van der Waals surface area contributed by atoms with Crippen molar-refractivity contribution in [1.29, 1.82) is 0 Å². The average molecular weight is 426 g/mol. The van der Waals surface area contributed by atoms with Crippen molar-refractivity contribution in [3.8, 4) is 17.2 Å². The van der Waals surface area contributed by atoms with Crippen LogP contribution in [0.3, 0.4) is 0 Å². The van der Waals surface area contributed by atoms with Crippen molar-refractivity contribution in [2.24, 2.45) is 0 Å². The molecule has 1 aromatic heterocycles. The number of methoxy groups -OCH3 is 3. The van der Waals surface area contributed by atoms with Crippen LogP contribution in [0.4, 0.5) is 10.3 Å². The van der Waals surface area contributed by atoms with E-state index >= 15 is 0 Å². The van der Waals surface area contributed by atoms with E-state index in [1.165, 1.54) is 33.5 Å². The van der Waals surface area contributed by atoms with Crippen molar-refractivity contribution in [3.63, 3.8) is 0 Å². The first-order valence-corrected chi connectivity index (χ1v) is 9.47. The summed E-state index contributed by atoms with van der Waals surface area (Å²) in [5, 5.41) is 3.01. The molecule has 162 valence electrons. The van der Waals surface area contributed by atoms with Crippen LogP contribution >= 0.6 is 0 Å².